The van der Waals surface area contributed by atoms with Crippen molar-refractivity contribution < 1.29 is 24.2 Å². The number of carbonyl (C=O) groups excluding carboxylic acids is 1. The van der Waals surface area contributed by atoms with Gasteiger partial charge in [-0.1, -0.05) is 0 Å². The van der Waals surface area contributed by atoms with Crippen molar-refractivity contribution in [3.63, 3.8) is 0 Å². The molecule has 8 nitrogen and oxygen atoms in total. The Morgan fingerprint density at radius 1 is 1.29 bits per heavy atom. The van der Waals surface area contributed by atoms with Crippen LogP contribution in [-0.2, 0) is 9.59 Å². The van der Waals surface area contributed by atoms with E-state index in [1.54, 1.807) is 32.4 Å². The lowest BCUT2D eigenvalue weighted by Gasteiger charge is -2.28. The van der Waals surface area contributed by atoms with Crippen molar-refractivity contribution in [2.45, 2.75) is 38.3 Å². The fourth-order valence-electron chi connectivity index (χ4n) is 3.59. The Bertz CT molecular complexity index is 682. The number of benzene rings is 1. The largest absolute Gasteiger partial charge is 0.497 e. The molecule has 156 valence electrons. The van der Waals surface area contributed by atoms with E-state index < -0.39 is 5.97 Å². The van der Waals surface area contributed by atoms with Gasteiger partial charge in [-0.15, -0.1) is 0 Å². The van der Waals surface area contributed by atoms with Crippen molar-refractivity contribution >= 4 is 17.6 Å². The Morgan fingerprint density at radius 3 is 2.68 bits per heavy atom. The smallest absolute Gasteiger partial charge is 0.317 e. The molecule has 8 heteroatoms. The van der Waals surface area contributed by atoms with Gasteiger partial charge in [0.25, 0.3) is 0 Å². The third-order valence-corrected chi connectivity index (χ3v) is 5.33. The average Bonchev–Trinajstić information content (AvgIpc) is 2.93. The molecular formula is C20H31N3O5. The van der Waals surface area contributed by atoms with Crippen molar-refractivity contribution in [1.29, 1.82) is 0 Å². The number of carboxylic acid groups (broad SMARTS) is 1. The van der Waals surface area contributed by atoms with Gasteiger partial charge < -0.3 is 19.9 Å². The number of likely N-dealkylation sites (tertiary alicyclic amines) is 1. The van der Waals surface area contributed by atoms with Gasteiger partial charge in [0.1, 0.15) is 11.5 Å². The summed E-state index contributed by atoms with van der Waals surface area (Å²) in [6.07, 6.45) is 2.69. The number of hydrogen-bond acceptors (Lipinski definition) is 6. The second-order valence-electron chi connectivity index (χ2n) is 7.16. The molecule has 1 heterocycles. The van der Waals surface area contributed by atoms with Crippen molar-refractivity contribution in [2.24, 2.45) is 0 Å². The summed E-state index contributed by atoms with van der Waals surface area (Å²) in [4.78, 5) is 27.8. The molecule has 1 aromatic carbocycles. The van der Waals surface area contributed by atoms with Gasteiger partial charge in [0.2, 0.25) is 5.91 Å². The van der Waals surface area contributed by atoms with Crippen LogP contribution in [0.25, 0.3) is 0 Å². The van der Waals surface area contributed by atoms with Crippen LogP contribution in [0.5, 0.6) is 11.5 Å². The molecule has 28 heavy (non-hydrogen) atoms. The summed E-state index contributed by atoms with van der Waals surface area (Å²) in [5, 5.41) is 11.9. The Hall–Kier alpha value is -2.32. The van der Waals surface area contributed by atoms with Crippen LogP contribution in [0.2, 0.25) is 0 Å². The number of nitrogens with zero attached hydrogens (tertiary/aromatic N) is 2. The second-order valence-corrected chi connectivity index (χ2v) is 7.16. The molecule has 2 atom stereocenters. The molecule has 1 amide bonds. The normalized spacial score (nSPS) is 19.0. The third kappa shape index (κ3) is 5.84. The monoisotopic (exact) mass is 393 g/mol. The molecule has 1 saturated heterocycles. The van der Waals surface area contributed by atoms with E-state index in [9.17, 15) is 9.59 Å². The molecule has 0 aromatic heterocycles. The highest BCUT2D eigenvalue weighted by molar-refractivity contribution is 5.96. The van der Waals surface area contributed by atoms with E-state index >= 15 is 0 Å². The number of anilines is 1. The standard InChI is InChI=1S/C20H31N3O5/c1-14(20(26)21-17-12-16(27-3)7-8-18(17)28-4)23-10-5-6-15(9-11-23)22(2)13-19(24)25/h7-8,12,14-15H,5-6,9-11,13H2,1-4H3,(H,21,26)(H,24,25). The van der Waals surface area contributed by atoms with E-state index in [-0.39, 0.29) is 24.5 Å². The predicted molar refractivity (Wildman–Crippen MR) is 107 cm³/mol. The van der Waals surface area contributed by atoms with Crippen LogP contribution in [0.4, 0.5) is 5.69 Å². The van der Waals surface area contributed by atoms with E-state index in [1.807, 2.05) is 18.9 Å². The highest BCUT2D eigenvalue weighted by atomic mass is 16.5. The van der Waals surface area contributed by atoms with Crippen LogP contribution in [0, 0.1) is 0 Å². The van der Waals surface area contributed by atoms with Gasteiger partial charge >= 0.3 is 5.97 Å². The number of carboxylic acids is 1. The number of hydrogen-bond donors (Lipinski definition) is 2. The first-order chi connectivity index (χ1) is 13.3. The number of aliphatic carboxylic acids is 1. The molecule has 2 rings (SSSR count). The van der Waals surface area contributed by atoms with Gasteiger partial charge in [0.05, 0.1) is 32.5 Å². The third-order valence-electron chi connectivity index (χ3n) is 5.33. The number of ether oxygens (including phenoxy) is 2. The summed E-state index contributed by atoms with van der Waals surface area (Å²) in [6, 6.07) is 5.19. The number of methoxy groups -OCH3 is 2. The molecule has 1 fully saturated rings. The van der Waals surface area contributed by atoms with E-state index in [0.717, 1.165) is 32.4 Å². The lowest BCUT2D eigenvalue weighted by atomic mass is 10.1. The molecular weight excluding hydrogens is 362 g/mol. The zero-order valence-electron chi connectivity index (χ0n) is 17.1. The molecule has 0 saturated carbocycles. The summed E-state index contributed by atoms with van der Waals surface area (Å²) >= 11 is 0. The van der Waals surface area contributed by atoms with Gasteiger partial charge in [-0.05, 0) is 51.9 Å². The molecule has 0 bridgehead atoms. The maximum Gasteiger partial charge on any atom is 0.317 e. The molecule has 2 unspecified atom stereocenters. The van der Waals surface area contributed by atoms with Crippen molar-refractivity contribution in [2.75, 3.05) is 46.2 Å². The Kier molecular flexibility index (Phi) is 8.07. The van der Waals surface area contributed by atoms with Gasteiger partial charge in [-0.3, -0.25) is 19.4 Å². The Balaban J connectivity index is 1.99. The first kappa shape index (κ1) is 22.0. The van der Waals surface area contributed by atoms with Crippen molar-refractivity contribution in [3.05, 3.63) is 18.2 Å². The molecule has 1 aromatic rings. The van der Waals surface area contributed by atoms with Crippen LogP contribution in [0.1, 0.15) is 26.2 Å². The van der Waals surface area contributed by atoms with E-state index in [2.05, 4.69) is 10.2 Å². The highest BCUT2D eigenvalue weighted by Crippen LogP contribution is 2.29. The summed E-state index contributed by atoms with van der Waals surface area (Å²) in [5.74, 6) is 0.294. The minimum atomic E-state index is -0.816. The van der Waals surface area contributed by atoms with Gasteiger partial charge in [-0.2, -0.15) is 0 Å². The van der Waals surface area contributed by atoms with Gasteiger partial charge in [0.15, 0.2) is 0 Å². The maximum atomic E-state index is 12.8. The fraction of sp³-hybridized carbons (Fsp3) is 0.600. The summed E-state index contributed by atoms with van der Waals surface area (Å²) in [6.45, 7) is 3.49. The second kappa shape index (κ2) is 10.3. The molecule has 1 aliphatic heterocycles. The van der Waals surface area contributed by atoms with Crippen LogP contribution in [0.15, 0.2) is 18.2 Å². The summed E-state index contributed by atoms with van der Waals surface area (Å²) < 4.78 is 10.6. The minimum Gasteiger partial charge on any atom is -0.497 e. The lowest BCUT2D eigenvalue weighted by Crippen LogP contribution is -2.43. The summed E-state index contributed by atoms with van der Waals surface area (Å²) in [5.41, 5.74) is 0.576. The van der Waals surface area contributed by atoms with Crippen LogP contribution < -0.4 is 14.8 Å². The maximum absolute atomic E-state index is 12.8. The Morgan fingerprint density at radius 2 is 2.04 bits per heavy atom. The molecule has 0 radical (unpaired) electrons. The van der Waals surface area contributed by atoms with Crippen molar-refractivity contribution in [1.82, 2.24) is 9.80 Å². The molecule has 2 N–H and O–H groups in total. The van der Waals surface area contributed by atoms with Crippen LogP contribution in [0.3, 0.4) is 0 Å². The lowest BCUT2D eigenvalue weighted by molar-refractivity contribution is -0.138. The van der Waals surface area contributed by atoms with Crippen molar-refractivity contribution in [3.8, 4) is 11.5 Å². The zero-order chi connectivity index (χ0) is 20.7. The number of rotatable bonds is 8. The zero-order valence-corrected chi connectivity index (χ0v) is 17.1. The quantitative estimate of drug-likeness (QED) is 0.697. The summed E-state index contributed by atoms with van der Waals surface area (Å²) in [7, 11) is 4.98. The number of likely N-dealkylation sites (N-methyl/N-ethyl adjacent to an activating group) is 1. The highest BCUT2D eigenvalue weighted by Gasteiger charge is 2.27. The molecule has 0 aliphatic carbocycles. The molecule has 0 spiro atoms. The SMILES string of the molecule is COc1ccc(OC)c(NC(=O)C(C)N2CCCC(N(C)CC(=O)O)CC2)c1. The first-order valence-electron chi connectivity index (χ1n) is 9.54. The number of nitrogens with one attached hydrogen (secondary N) is 1. The Labute approximate surface area is 166 Å². The van der Waals surface area contributed by atoms with E-state index in [0.29, 0.717) is 17.2 Å². The van der Waals surface area contributed by atoms with Gasteiger partial charge in [-0.25, -0.2) is 0 Å². The minimum absolute atomic E-state index is 0.0380. The first-order valence-corrected chi connectivity index (χ1v) is 9.54. The topological polar surface area (TPSA) is 91.3 Å². The fourth-order valence-corrected chi connectivity index (χ4v) is 3.59. The predicted octanol–water partition coefficient (Wildman–Crippen LogP) is 1.90. The van der Waals surface area contributed by atoms with Crippen LogP contribution >= 0.6 is 0 Å². The van der Waals surface area contributed by atoms with E-state index in [1.165, 1.54) is 0 Å². The van der Waals surface area contributed by atoms with Crippen LogP contribution in [-0.4, -0.2) is 79.8 Å². The average molecular weight is 393 g/mol. The molecule has 1 aliphatic rings. The number of amides is 1. The number of carbonyl (C=O) groups is 2. The van der Waals surface area contributed by atoms with Gasteiger partial charge in [0, 0.05) is 18.7 Å². The van der Waals surface area contributed by atoms with E-state index in [4.69, 9.17) is 14.6 Å².